The predicted molar refractivity (Wildman–Crippen MR) is 56.9 cm³/mol. The van der Waals surface area contributed by atoms with Crippen molar-refractivity contribution < 1.29 is 0 Å². The van der Waals surface area contributed by atoms with E-state index in [0.29, 0.717) is 5.84 Å². The molecule has 14 heavy (non-hydrogen) atoms. The molecule has 0 aromatic carbocycles. The van der Waals surface area contributed by atoms with Gasteiger partial charge in [-0.15, -0.1) is 0 Å². The summed E-state index contributed by atoms with van der Waals surface area (Å²) in [6.07, 6.45) is 1.90. The second-order valence-corrected chi connectivity index (χ2v) is 3.52. The van der Waals surface area contributed by atoms with Crippen molar-refractivity contribution in [3.63, 3.8) is 0 Å². The number of hydrogen-bond acceptors (Lipinski definition) is 3. The minimum Gasteiger partial charge on any atom is -0.308 e. The van der Waals surface area contributed by atoms with Crippen molar-refractivity contribution in [2.24, 2.45) is 17.9 Å². The van der Waals surface area contributed by atoms with E-state index in [0.717, 1.165) is 11.3 Å². The van der Waals surface area contributed by atoms with E-state index in [1.54, 1.807) is 4.68 Å². The van der Waals surface area contributed by atoms with Gasteiger partial charge in [-0.25, -0.2) is 5.84 Å². The highest BCUT2D eigenvalue weighted by molar-refractivity contribution is 5.99. The second-order valence-electron chi connectivity index (χ2n) is 3.52. The molecule has 5 heteroatoms. The van der Waals surface area contributed by atoms with Crippen LogP contribution in [0.1, 0.15) is 25.1 Å². The van der Waals surface area contributed by atoms with Crippen LogP contribution in [-0.2, 0) is 7.05 Å². The number of aryl methyl sites for hydroxylation is 2. The molecule has 0 atom stereocenters. The summed E-state index contributed by atoms with van der Waals surface area (Å²) < 4.78 is 1.75. The lowest BCUT2D eigenvalue weighted by Gasteiger charge is -2.05. The molecule has 78 valence electrons. The zero-order valence-corrected chi connectivity index (χ0v) is 9.07. The lowest BCUT2D eigenvalue weighted by molar-refractivity contribution is 0.756. The molecule has 0 saturated carbocycles. The van der Waals surface area contributed by atoms with E-state index in [1.807, 2.05) is 34.0 Å². The quantitative estimate of drug-likeness (QED) is 0.309. The Kier molecular flexibility index (Phi) is 3.24. The highest BCUT2D eigenvalue weighted by Crippen LogP contribution is 2.05. The maximum absolute atomic E-state index is 5.41. The summed E-state index contributed by atoms with van der Waals surface area (Å²) in [4.78, 5) is 4.37. The number of nitrogens with one attached hydrogen (secondary N) is 1. The molecule has 0 aliphatic carbocycles. The predicted octanol–water partition coefficient (Wildman–Crippen LogP) is 0.347. The van der Waals surface area contributed by atoms with Crippen molar-refractivity contribution in [1.29, 1.82) is 0 Å². The number of hydrogen-bond donors (Lipinski definition) is 2. The Morgan fingerprint density at radius 2 is 2.29 bits per heavy atom. The number of amidine groups is 1. The third-order valence-corrected chi connectivity index (χ3v) is 1.79. The van der Waals surface area contributed by atoms with E-state index in [4.69, 9.17) is 5.84 Å². The fraction of sp³-hybridized carbons (Fsp3) is 0.556. The fourth-order valence-corrected chi connectivity index (χ4v) is 1.27. The van der Waals surface area contributed by atoms with Crippen LogP contribution in [0, 0.1) is 6.92 Å². The van der Waals surface area contributed by atoms with Gasteiger partial charge < -0.3 is 5.43 Å². The van der Waals surface area contributed by atoms with Crippen LogP contribution < -0.4 is 11.3 Å². The Bertz CT molecular complexity index is 337. The van der Waals surface area contributed by atoms with Crippen LogP contribution in [0.15, 0.2) is 11.2 Å². The Morgan fingerprint density at radius 1 is 1.64 bits per heavy atom. The van der Waals surface area contributed by atoms with E-state index in [-0.39, 0.29) is 6.04 Å². The number of nitrogens with zero attached hydrogens (tertiary/aromatic N) is 3. The molecule has 0 spiro atoms. The van der Waals surface area contributed by atoms with Gasteiger partial charge >= 0.3 is 0 Å². The molecule has 1 heterocycles. The van der Waals surface area contributed by atoms with Gasteiger partial charge in [-0.3, -0.25) is 9.67 Å². The van der Waals surface area contributed by atoms with E-state index >= 15 is 0 Å². The molecule has 0 radical (unpaired) electrons. The van der Waals surface area contributed by atoms with E-state index < -0.39 is 0 Å². The van der Waals surface area contributed by atoms with Crippen molar-refractivity contribution in [1.82, 2.24) is 15.2 Å². The second kappa shape index (κ2) is 4.23. The first-order valence-corrected chi connectivity index (χ1v) is 4.59. The topological polar surface area (TPSA) is 68.2 Å². The average Bonchev–Trinajstić information content (AvgIpc) is 2.41. The smallest absolute Gasteiger partial charge is 0.146 e. The lowest BCUT2D eigenvalue weighted by atomic mass is 10.2. The molecule has 0 saturated heterocycles. The molecule has 1 rings (SSSR count). The number of aromatic nitrogens is 2. The Balaban J connectivity index is 3.06. The van der Waals surface area contributed by atoms with Crippen LogP contribution in [0.4, 0.5) is 0 Å². The highest BCUT2D eigenvalue weighted by atomic mass is 15.3. The molecule has 0 aliphatic heterocycles. The molecule has 5 nitrogen and oxygen atoms in total. The summed E-state index contributed by atoms with van der Waals surface area (Å²) in [6, 6.07) is 0.209. The minimum atomic E-state index is 0.209. The van der Waals surface area contributed by atoms with Gasteiger partial charge in [0.1, 0.15) is 5.84 Å². The van der Waals surface area contributed by atoms with Crippen molar-refractivity contribution in [3.8, 4) is 0 Å². The molecule has 0 aliphatic rings. The van der Waals surface area contributed by atoms with E-state index in [1.165, 1.54) is 0 Å². The number of nitrogens with two attached hydrogens (primary N) is 1. The van der Waals surface area contributed by atoms with Gasteiger partial charge in [0.15, 0.2) is 0 Å². The summed E-state index contributed by atoms with van der Waals surface area (Å²) in [5.74, 6) is 6.10. The van der Waals surface area contributed by atoms with Crippen molar-refractivity contribution in [3.05, 3.63) is 17.5 Å². The monoisotopic (exact) mass is 195 g/mol. The molecule has 0 amide bonds. The lowest BCUT2D eigenvalue weighted by Crippen LogP contribution is -2.32. The number of aliphatic imine (C=N–C) groups is 1. The van der Waals surface area contributed by atoms with E-state index in [9.17, 15) is 0 Å². The Morgan fingerprint density at radius 3 is 2.64 bits per heavy atom. The molecule has 1 aromatic rings. The number of rotatable bonds is 2. The molecule has 0 bridgehead atoms. The van der Waals surface area contributed by atoms with Crippen molar-refractivity contribution >= 4 is 5.84 Å². The molecule has 0 fully saturated rings. The molecule has 0 unspecified atom stereocenters. The van der Waals surface area contributed by atoms with Crippen LogP contribution >= 0.6 is 0 Å². The molecule has 3 N–H and O–H groups in total. The van der Waals surface area contributed by atoms with Crippen LogP contribution in [0.2, 0.25) is 0 Å². The van der Waals surface area contributed by atoms with Crippen LogP contribution in [0.25, 0.3) is 0 Å². The zero-order chi connectivity index (χ0) is 10.7. The summed E-state index contributed by atoms with van der Waals surface area (Å²) in [5, 5.41) is 4.23. The molecular weight excluding hydrogens is 178 g/mol. The first-order valence-electron chi connectivity index (χ1n) is 4.59. The van der Waals surface area contributed by atoms with E-state index in [2.05, 4.69) is 15.5 Å². The minimum absolute atomic E-state index is 0.209. The first kappa shape index (κ1) is 10.7. The summed E-state index contributed by atoms with van der Waals surface area (Å²) >= 11 is 0. The fourth-order valence-electron chi connectivity index (χ4n) is 1.27. The SMILES string of the molecule is Cc1nn(C)cc1C(=NC(C)C)NN. The molecule has 1 aromatic heterocycles. The standard InChI is InChI=1S/C9H17N5/c1-6(2)11-9(12-10)8-5-14(4)13-7(8)3/h5-6H,10H2,1-4H3,(H,11,12). The summed E-state index contributed by atoms with van der Waals surface area (Å²) in [6.45, 7) is 5.94. The highest BCUT2D eigenvalue weighted by Gasteiger charge is 2.09. The Labute approximate surface area is 84.0 Å². The summed E-state index contributed by atoms with van der Waals surface area (Å²) in [5.41, 5.74) is 4.47. The zero-order valence-electron chi connectivity index (χ0n) is 9.07. The molecular formula is C9H17N5. The van der Waals surface area contributed by atoms with Gasteiger partial charge in [0.2, 0.25) is 0 Å². The number of hydrazine groups is 1. The summed E-state index contributed by atoms with van der Waals surface area (Å²) in [7, 11) is 1.88. The Hall–Kier alpha value is -1.36. The van der Waals surface area contributed by atoms with Gasteiger partial charge in [-0.05, 0) is 20.8 Å². The van der Waals surface area contributed by atoms with Crippen LogP contribution in [0.3, 0.4) is 0 Å². The van der Waals surface area contributed by atoms with Crippen LogP contribution in [-0.4, -0.2) is 21.7 Å². The third-order valence-electron chi connectivity index (χ3n) is 1.79. The maximum Gasteiger partial charge on any atom is 0.146 e. The van der Waals surface area contributed by atoms with Gasteiger partial charge in [-0.1, -0.05) is 0 Å². The van der Waals surface area contributed by atoms with Gasteiger partial charge in [-0.2, -0.15) is 5.10 Å². The third kappa shape index (κ3) is 2.32. The first-order chi connectivity index (χ1) is 6.54. The van der Waals surface area contributed by atoms with Crippen molar-refractivity contribution in [2.45, 2.75) is 26.8 Å². The van der Waals surface area contributed by atoms with Gasteiger partial charge in [0.05, 0.1) is 11.3 Å². The average molecular weight is 195 g/mol. The normalized spacial score (nSPS) is 12.3. The largest absolute Gasteiger partial charge is 0.308 e. The van der Waals surface area contributed by atoms with Crippen molar-refractivity contribution in [2.75, 3.05) is 0 Å². The van der Waals surface area contributed by atoms with Gasteiger partial charge in [0.25, 0.3) is 0 Å². The van der Waals surface area contributed by atoms with Crippen LogP contribution in [0.5, 0.6) is 0 Å². The maximum atomic E-state index is 5.41. The van der Waals surface area contributed by atoms with Gasteiger partial charge in [0, 0.05) is 19.3 Å².